The summed E-state index contributed by atoms with van der Waals surface area (Å²) in [6, 6.07) is -0.847. The molecule has 0 bridgehead atoms. The molecular weight excluding hydrogens is 1150 g/mol. The standard InChI is InChI=1S/C77H131NO13/c1-3-5-7-9-11-13-15-17-19-21-23-25-26-27-28-29-30-31-32-33-34-35-36-37-38-39-40-41-43-45-47-49-51-53-55-57-59-61-69(82)78-65(66(81)60-58-56-54-52-50-48-46-44-42-24-22-20-18-16-14-12-10-8-6-4-2)64-88-76-74(87)72(85)75(68(63-80)90-76)91-77-73(86)71(84)70(83)67(62-79)89-77/h5,7,11,13,17,19,23,25,27-28,30-31,33-34,36-37,39-40,43,45,65-68,70-77,79-81,83-87H,3-4,6,8-10,12,14-16,18,20-22,24,26,29,32,35,38,41-42,44,46-64H2,1-2H3,(H,78,82)/b7-5-,13-11-,19-17-,25-23-,28-27-,31-30-,34-33-,37-36-,40-39-,45-43-. The lowest BCUT2D eigenvalue weighted by Gasteiger charge is -2.46. The number of aliphatic hydroxyl groups excluding tert-OH is 8. The van der Waals surface area contributed by atoms with Crippen molar-refractivity contribution in [3.63, 3.8) is 0 Å². The molecule has 12 unspecified atom stereocenters. The van der Waals surface area contributed by atoms with Gasteiger partial charge in [0.15, 0.2) is 12.6 Å². The van der Waals surface area contributed by atoms with Gasteiger partial charge >= 0.3 is 0 Å². The lowest BCUT2D eigenvalue weighted by molar-refractivity contribution is -0.359. The van der Waals surface area contributed by atoms with E-state index in [2.05, 4.69) is 141 Å². The van der Waals surface area contributed by atoms with E-state index in [0.29, 0.717) is 12.8 Å². The van der Waals surface area contributed by atoms with Crippen LogP contribution in [-0.4, -0.2) is 140 Å². The van der Waals surface area contributed by atoms with Crippen LogP contribution >= 0.6 is 0 Å². The van der Waals surface area contributed by atoms with Crippen LogP contribution in [0.5, 0.6) is 0 Å². The molecule has 0 aromatic carbocycles. The van der Waals surface area contributed by atoms with Gasteiger partial charge in [-0.2, -0.15) is 0 Å². The number of ether oxygens (including phenoxy) is 4. The average Bonchev–Trinajstić information content (AvgIpc) is 1.04. The topological polar surface area (TPSA) is 228 Å². The summed E-state index contributed by atoms with van der Waals surface area (Å²) in [4.78, 5) is 13.4. The molecular formula is C77H131NO13. The second-order valence-corrected chi connectivity index (χ2v) is 25.0. The summed E-state index contributed by atoms with van der Waals surface area (Å²) < 4.78 is 22.9. The van der Waals surface area contributed by atoms with E-state index in [0.717, 1.165) is 128 Å². The normalized spacial score (nSPS) is 23.5. The van der Waals surface area contributed by atoms with E-state index in [1.165, 1.54) is 103 Å². The van der Waals surface area contributed by atoms with E-state index in [9.17, 15) is 45.6 Å². The van der Waals surface area contributed by atoms with Gasteiger partial charge < -0.3 is 65.1 Å². The van der Waals surface area contributed by atoms with E-state index in [1.807, 2.05) is 0 Å². The summed E-state index contributed by atoms with van der Waals surface area (Å²) >= 11 is 0. The van der Waals surface area contributed by atoms with Crippen LogP contribution in [0.1, 0.15) is 264 Å². The van der Waals surface area contributed by atoms with Gasteiger partial charge in [0.25, 0.3) is 0 Å². The highest BCUT2D eigenvalue weighted by molar-refractivity contribution is 5.76. The minimum absolute atomic E-state index is 0.224. The van der Waals surface area contributed by atoms with Gasteiger partial charge in [-0.1, -0.05) is 289 Å². The zero-order valence-electron chi connectivity index (χ0n) is 56.8. The Kier molecular flexibility index (Phi) is 55.1. The first kappa shape index (κ1) is 83.5. The van der Waals surface area contributed by atoms with E-state index >= 15 is 0 Å². The van der Waals surface area contributed by atoms with E-state index in [-0.39, 0.29) is 18.9 Å². The maximum absolute atomic E-state index is 13.4. The molecule has 522 valence electrons. The van der Waals surface area contributed by atoms with Crippen LogP contribution in [0.15, 0.2) is 122 Å². The van der Waals surface area contributed by atoms with Crippen molar-refractivity contribution < 1.29 is 64.6 Å². The van der Waals surface area contributed by atoms with Crippen molar-refractivity contribution in [1.29, 1.82) is 0 Å². The van der Waals surface area contributed by atoms with Crippen LogP contribution in [-0.2, 0) is 23.7 Å². The molecule has 91 heavy (non-hydrogen) atoms. The van der Waals surface area contributed by atoms with Crippen molar-refractivity contribution in [2.24, 2.45) is 0 Å². The number of nitrogens with one attached hydrogen (secondary N) is 1. The van der Waals surface area contributed by atoms with Crippen LogP contribution in [0.25, 0.3) is 0 Å². The van der Waals surface area contributed by atoms with Gasteiger partial charge in [-0.15, -0.1) is 0 Å². The van der Waals surface area contributed by atoms with Crippen LogP contribution in [0, 0.1) is 0 Å². The molecule has 0 aromatic heterocycles. The number of unbranched alkanes of at least 4 members (excludes halogenated alkanes) is 25. The number of hydrogen-bond donors (Lipinski definition) is 9. The third kappa shape index (κ3) is 43.9. The largest absolute Gasteiger partial charge is 0.394 e. The Morgan fingerprint density at radius 2 is 0.758 bits per heavy atom. The number of amides is 1. The second-order valence-electron chi connectivity index (χ2n) is 25.0. The Bertz CT molecular complexity index is 1990. The Labute approximate surface area is 552 Å². The van der Waals surface area contributed by atoms with E-state index < -0.39 is 86.8 Å². The van der Waals surface area contributed by atoms with E-state index in [1.54, 1.807) is 0 Å². The summed E-state index contributed by atoms with van der Waals surface area (Å²) in [6.07, 6.45) is 70.6. The Morgan fingerprint density at radius 1 is 0.407 bits per heavy atom. The Balaban J connectivity index is 1.66. The highest BCUT2D eigenvalue weighted by Crippen LogP contribution is 2.30. The number of allylic oxidation sites excluding steroid dienone is 20. The Hall–Kier alpha value is -3.61. The lowest BCUT2D eigenvalue weighted by atomic mass is 9.97. The lowest BCUT2D eigenvalue weighted by Crippen LogP contribution is -2.65. The summed E-state index contributed by atoms with van der Waals surface area (Å²) in [7, 11) is 0. The molecule has 2 saturated heterocycles. The zero-order chi connectivity index (χ0) is 65.9. The summed E-state index contributed by atoms with van der Waals surface area (Å²) in [5, 5.41) is 87.6. The molecule has 2 rings (SSSR count). The predicted octanol–water partition coefficient (Wildman–Crippen LogP) is 15.3. The first-order chi connectivity index (χ1) is 44.6. The first-order valence-electron chi connectivity index (χ1n) is 36.3. The monoisotopic (exact) mass is 1280 g/mol. The van der Waals surface area contributed by atoms with Gasteiger partial charge in [0, 0.05) is 6.42 Å². The third-order valence-electron chi connectivity index (χ3n) is 16.9. The molecule has 14 nitrogen and oxygen atoms in total. The zero-order valence-corrected chi connectivity index (χ0v) is 56.8. The number of hydrogen-bond acceptors (Lipinski definition) is 13. The summed E-state index contributed by atoms with van der Waals surface area (Å²) in [5.41, 5.74) is 0. The predicted molar refractivity (Wildman–Crippen MR) is 373 cm³/mol. The molecule has 2 heterocycles. The molecule has 2 fully saturated rings. The molecule has 2 aliphatic rings. The van der Waals surface area contributed by atoms with Gasteiger partial charge in [0.1, 0.15) is 48.8 Å². The van der Waals surface area contributed by atoms with Gasteiger partial charge in [-0.25, -0.2) is 0 Å². The van der Waals surface area contributed by atoms with Crippen molar-refractivity contribution in [3.05, 3.63) is 122 Å². The summed E-state index contributed by atoms with van der Waals surface area (Å²) in [5.74, 6) is -0.224. The number of carbonyl (C=O) groups is 1. The first-order valence-corrected chi connectivity index (χ1v) is 36.3. The van der Waals surface area contributed by atoms with Gasteiger partial charge in [0.2, 0.25) is 5.91 Å². The van der Waals surface area contributed by atoms with Crippen molar-refractivity contribution in [2.45, 2.75) is 338 Å². The molecule has 1 amide bonds. The van der Waals surface area contributed by atoms with Crippen LogP contribution in [0.3, 0.4) is 0 Å². The van der Waals surface area contributed by atoms with Crippen molar-refractivity contribution in [2.75, 3.05) is 19.8 Å². The molecule has 12 atom stereocenters. The fourth-order valence-electron chi connectivity index (χ4n) is 11.2. The molecule has 9 N–H and O–H groups in total. The quantitative estimate of drug-likeness (QED) is 0.0204. The minimum Gasteiger partial charge on any atom is -0.394 e. The SMILES string of the molecule is CC/C=C\C/C=C\C/C=C\C/C=C\C/C=C\C/C=C\C/C=C\C/C=C\C/C=C\C/C=C\CCCCCCCCC(=O)NC(COC1OC(CO)C(OC2OC(CO)C(O)C(O)C2O)C(O)C1O)C(O)CCCCCCCCCCCCCCCCCCCCCC. The number of aliphatic hydroxyl groups is 8. The molecule has 0 aliphatic carbocycles. The van der Waals surface area contributed by atoms with Gasteiger partial charge in [-0.05, 0) is 89.9 Å². The highest BCUT2D eigenvalue weighted by Gasteiger charge is 2.51. The maximum Gasteiger partial charge on any atom is 0.220 e. The van der Waals surface area contributed by atoms with Gasteiger partial charge in [0.05, 0.1) is 32.0 Å². The minimum atomic E-state index is -1.79. The van der Waals surface area contributed by atoms with E-state index in [4.69, 9.17) is 18.9 Å². The maximum atomic E-state index is 13.4. The molecule has 0 spiro atoms. The van der Waals surface area contributed by atoms with Crippen molar-refractivity contribution in [3.8, 4) is 0 Å². The second kappa shape index (κ2) is 60.1. The van der Waals surface area contributed by atoms with Crippen LogP contribution in [0.2, 0.25) is 0 Å². The molecule has 0 saturated carbocycles. The molecule has 0 radical (unpaired) electrons. The van der Waals surface area contributed by atoms with Gasteiger partial charge in [-0.3, -0.25) is 4.79 Å². The Morgan fingerprint density at radius 3 is 1.16 bits per heavy atom. The molecule has 14 heteroatoms. The number of rotatable bonds is 58. The average molecular weight is 1280 g/mol. The number of carbonyl (C=O) groups excluding carboxylic acids is 1. The molecule has 2 aliphatic heterocycles. The fourth-order valence-corrected chi connectivity index (χ4v) is 11.2. The van der Waals surface area contributed by atoms with Crippen LogP contribution < -0.4 is 5.32 Å². The smallest absolute Gasteiger partial charge is 0.220 e. The molecule has 0 aromatic rings. The van der Waals surface area contributed by atoms with Crippen LogP contribution in [0.4, 0.5) is 0 Å². The van der Waals surface area contributed by atoms with Crippen molar-refractivity contribution >= 4 is 5.91 Å². The van der Waals surface area contributed by atoms with Crippen molar-refractivity contribution in [1.82, 2.24) is 5.32 Å². The highest BCUT2D eigenvalue weighted by atomic mass is 16.7. The fraction of sp³-hybridized carbons (Fsp3) is 0.727. The third-order valence-corrected chi connectivity index (χ3v) is 16.9. The summed E-state index contributed by atoms with van der Waals surface area (Å²) in [6.45, 7) is 2.75.